The van der Waals surface area contributed by atoms with Crippen molar-refractivity contribution in [2.45, 2.75) is 32.0 Å². The highest BCUT2D eigenvalue weighted by molar-refractivity contribution is 7.91. The van der Waals surface area contributed by atoms with E-state index in [4.69, 9.17) is 4.74 Å². The molecule has 0 N–H and O–H groups in total. The van der Waals surface area contributed by atoms with Gasteiger partial charge in [-0.2, -0.15) is 18.3 Å². The Morgan fingerprint density at radius 3 is 2.44 bits per heavy atom. The second kappa shape index (κ2) is 8.04. The van der Waals surface area contributed by atoms with Crippen LogP contribution >= 0.6 is 0 Å². The van der Waals surface area contributed by atoms with Crippen LogP contribution in [-0.2, 0) is 27.8 Å². The van der Waals surface area contributed by atoms with Crippen LogP contribution in [0.15, 0.2) is 23.5 Å². The van der Waals surface area contributed by atoms with E-state index >= 15 is 0 Å². The van der Waals surface area contributed by atoms with Gasteiger partial charge in [-0.1, -0.05) is 6.92 Å². The summed E-state index contributed by atoms with van der Waals surface area (Å²) in [6.45, 7) is 4.70. The number of hydrogen-bond donors (Lipinski definition) is 0. The maximum Gasteiger partial charge on any atom is 0.417 e. The number of sulfone groups is 1. The molecule has 34 heavy (non-hydrogen) atoms. The van der Waals surface area contributed by atoms with E-state index in [1.54, 1.807) is 13.8 Å². The predicted octanol–water partition coefficient (Wildman–Crippen LogP) is 2.98. The summed E-state index contributed by atoms with van der Waals surface area (Å²) in [5.74, 6) is -1.07. The Bertz CT molecular complexity index is 1560. The third kappa shape index (κ3) is 3.67. The SMILES string of the molecule is CCOC(=O)c1c(C)cnc2c(-c3nc4cc(C(F)(F)F)cnc4n3C)c(S(=O)(=O)CC)nn12. The number of aryl methyl sites for hydroxylation is 2. The zero-order valence-corrected chi connectivity index (χ0v) is 19.3. The molecule has 0 fully saturated rings. The van der Waals surface area contributed by atoms with Gasteiger partial charge in [-0.15, -0.1) is 0 Å². The minimum absolute atomic E-state index is 0.0184. The minimum Gasteiger partial charge on any atom is -0.461 e. The summed E-state index contributed by atoms with van der Waals surface area (Å²) >= 11 is 0. The molecule has 0 amide bonds. The van der Waals surface area contributed by atoms with E-state index in [1.165, 1.54) is 24.7 Å². The van der Waals surface area contributed by atoms with E-state index in [-0.39, 0.29) is 46.3 Å². The number of rotatable bonds is 5. The Labute approximate surface area is 191 Å². The monoisotopic (exact) mass is 496 g/mol. The highest BCUT2D eigenvalue weighted by Crippen LogP contribution is 2.35. The van der Waals surface area contributed by atoms with Gasteiger partial charge in [0, 0.05) is 25.0 Å². The zero-order chi connectivity index (χ0) is 25.0. The van der Waals surface area contributed by atoms with Crippen molar-refractivity contribution < 1.29 is 31.1 Å². The molecule has 0 aliphatic carbocycles. The normalized spacial score (nSPS) is 12.6. The topological polar surface area (TPSA) is 121 Å². The van der Waals surface area contributed by atoms with Gasteiger partial charge in [0.2, 0.25) is 0 Å². The van der Waals surface area contributed by atoms with Crippen molar-refractivity contribution in [1.82, 2.24) is 29.1 Å². The van der Waals surface area contributed by atoms with Crippen LogP contribution in [0.25, 0.3) is 28.2 Å². The van der Waals surface area contributed by atoms with Gasteiger partial charge in [-0.3, -0.25) is 0 Å². The molecule has 4 aromatic rings. The molecule has 4 heterocycles. The summed E-state index contributed by atoms with van der Waals surface area (Å²) in [6.07, 6.45) is -2.60. The van der Waals surface area contributed by atoms with Crippen LogP contribution in [0.3, 0.4) is 0 Å². The van der Waals surface area contributed by atoms with Crippen LogP contribution in [0.2, 0.25) is 0 Å². The Balaban J connectivity index is 2.10. The van der Waals surface area contributed by atoms with Gasteiger partial charge in [0.25, 0.3) is 0 Å². The molecule has 4 rings (SSSR count). The number of ether oxygens (including phenoxy) is 1. The van der Waals surface area contributed by atoms with Gasteiger partial charge < -0.3 is 9.30 Å². The van der Waals surface area contributed by atoms with Crippen LogP contribution in [0, 0.1) is 6.92 Å². The van der Waals surface area contributed by atoms with Crippen LogP contribution in [0.1, 0.15) is 35.5 Å². The number of imidazole rings is 1. The van der Waals surface area contributed by atoms with Crippen molar-refractivity contribution in [3.63, 3.8) is 0 Å². The van der Waals surface area contributed by atoms with Crippen molar-refractivity contribution in [3.8, 4) is 11.4 Å². The molecule has 0 bridgehead atoms. The first-order valence-corrected chi connectivity index (χ1v) is 11.7. The maximum atomic E-state index is 13.2. The number of nitrogens with zero attached hydrogens (tertiary/aromatic N) is 6. The Morgan fingerprint density at radius 2 is 1.82 bits per heavy atom. The summed E-state index contributed by atoms with van der Waals surface area (Å²) in [5.41, 5.74) is -0.700. The number of hydrogen-bond acceptors (Lipinski definition) is 8. The number of esters is 1. The van der Waals surface area contributed by atoms with Crippen molar-refractivity contribution in [3.05, 3.63) is 35.3 Å². The van der Waals surface area contributed by atoms with Crippen LogP contribution in [0.5, 0.6) is 0 Å². The molecule has 0 aromatic carbocycles. The molecule has 14 heteroatoms. The number of fused-ring (bicyclic) bond motifs is 2. The van der Waals surface area contributed by atoms with Gasteiger partial charge in [-0.25, -0.2) is 32.7 Å². The molecule has 0 saturated carbocycles. The third-order valence-corrected chi connectivity index (χ3v) is 6.83. The Morgan fingerprint density at radius 1 is 1.15 bits per heavy atom. The molecular formula is C20H19F3N6O4S. The van der Waals surface area contributed by atoms with Crippen molar-refractivity contribution in [1.29, 1.82) is 0 Å². The smallest absolute Gasteiger partial charge is 0.417 e. The quantitative estimate of drug-likeness (QED) is 0.387. The Hall–Kier alpha value is -3.55. The van der Waals surface area contributed by atoms with Crippen LogP contribution in [-0.4, -0.2) is 55.9 Å². The lowest BCUT2D eigenvalue weighted by Gasteiger charge is -2.07. The number of aromatic nitrogens is 6. The largest absolute Gasteiger partial charge is 0.461 e. The summed E-state index contributed by atoms with van der Waals surface area (Å²) < 4.78 is 72.9. The average Bonchev–Trinajstić information content (AvgIpc) is 3.31. The lowest BCUT2D eigenvalue weighted by Crippen LogP contribution is -2.14. The molecule has 4 aromatic heterocycles. The van der Waals surface area contributed by atoms with Gasteiger partial charge >= 0.3 is 12.1 Å². The summed E-state index contributed by atoms with van der Waals surface area (Å²) in [5, 5.41) is 3.77. The third-order valence-electron chi connectivity index (χ3n) is 5.20. The number of pyridine rings is 1. The lowest BCUT2D eigenvalue weighted by molar-refractivity contribution is -0.137. The summed E-state index contributed by atoms with van der Waals surface area (Å²) in [4.78, 5) is 25.0. The van der Waals surface area contributed by atoms with E-state index in [0.717, 1.165) is 10.6 Å². The second-order valence-electron chi connectivity index (χ2n) is 7.39. The van der Waals surface area contributed by atoms with E-state index in [0.29, 0.717) is 11.8 Å². The van der Waals surface area contributed by atoms with Crippen LogP contribution in [0.4, 0.5) is 13.2 Å². The predicted molar refractivity (Wildman–Crippen MR) is 114 cm³/mol. The Kier molecular flexibility index (Phi) is 5.58. The molecule has 10 nitrogen and oxygen atoms in total. The standard InChI is InChI=1S/C20H19F3N6O4S/c1-5-33-19(30)14-10(3)8-24-16-13(18(27-29(14)16)34(31,32)6-2)17-26-12-7-11(20(21,22)23)9-25-15(12)28(17)4/h7-9H,5-6H2,1-4H3. The van der Waals surface area contributed by atoms with Crippen LogP contribution < -0.4 is 0 Å². The van der Waals surface area contributed by atoms with Gasteiger partial charge in [0.05, 0.1) is 17.9 Å². The second-order valence-corrected chi connectivity index (χ2v) is 9.58. The highest BCUT2D eigenvalue weighted by Gasteiger charge is 2.34. The first-order chi connectivity index (χ1) is 15.9. The minimum atomic E-state index is -4.63. The molecule has 0 atom stereocenters. The fourth-order valence-electron chi connectivity index (χ4n) is 3.50. The number of alkyl halides is 3. The fourth-order valence-corrected chi connectivity index (χ4v) is 4.48. The first kappa shape index (κ1) is 23.6. The van der Waals surface area contributed by atoms with Gasteiger partial charge in [-0.05, 0) is 19.9 Å². The van der Waals surface area contributed by atoms with Crippen molar-refractivity contribution in [2.24, 2.45) is 7.05 Å². The zero-order valence-electron chi connectivity index (χ0n) is 18.5. The molecular weight excluding hydrogens is 477 g/mol. The summed E-state index contributed by atoms with van der Waals surface area (Å²) in [7, 11) is -2.49. The van der Waals surface area contributed by atoms with Gasteiger partial charge in [0.1, 0.15) is 16.9 Å². The van der Waals surface area contributed by atoms with Gasteiger partial charge in [0.15, 0.2) is 31.9 Å². The maximum absolute atomic E-state index is 13.2. The molecule has 180 valence electrons. The highest BCUT2D eigenvalue weighted by atomic mass is 32.2. The van der Waals surface area contributed by atoms with E-state index < -0.39 is 32.6 Å². The van der Waals surface area contributed by atoms with E-state index in [2.05, 4.69) is 20.1 Å². The molecule has 0 radical (unpaired) electrons. The molecule has 0 saturated heterocycles. The molecule has 0 unspecified atom stereocenters. The number of carbonyl (C=O) groups is 1. The number of halogens is 3. The average molecular weight is 496 g/mol. The number of carbonyl (C=O) groups excluding carboxylic acids is 1. The van der Waals surface area contributed by atoms with E-state index in [1.807, 2.05) is 0 Å². The molecule has 0 aliphatic heterocycles. The lowest BCUT2D eigenvalue weighted by atomic mass is 10.2. The fraction of sp³-hybridized carbons (Fsp3) is 0.350. The first-order valence-electron chi connectivity index (χ1n) is 10.1. The van der Waals surface area contributed by atoms with E-state index in [9.17, 15) is 26.4 Å². The molecule has 0 spiro atoms. The summed E-state index contributed by atoms with van der Waals surface area (Å²) in [6, 6.07) is 0.827. The molecule has 0 aliphatic rings. The van der Waals surface area contributed by atoms with Crippen molar-refractivity contribution >= 4 is 32.6 Å². The van der Waals surface area contributed by atoms with Crippen molar-refractivity contribution in [2.75, 3.05) is 12.4 Å².